The molecule has 9 nitrogen and oxygen atoms in total. The Labute approximate surface area is 144 Å². The summed E-state index contributed by atoms with van der Waals surface area (Å²) in [6.45, 7) is 1.69. The van der Waals surface area contributed by atoms with Crippen LogP contribution >= 0.6 is 12.4 Å². The van der Waals surface area contributed by atoms with Crippen LogP contribution in [0.5, 0.6) is 11.5 Å². The monoisotopic (exact) mass is 358 g/mol. The van der Waals surface area contributed by atoms with Crippen molar-refractivity contribution in [1.29, 1.82) is 0 Å². The van der Waals surface area contributed by atoms with E-state index in [0.29, 0.717) is 11.5 Å². The lowest BCUT2D eigenvalue weighted by atomic mass is 10.1. The molecule has 1 amide bonds. The second-order valence-electron chi connectivity index (χ2n) is 5.64. The molecule has 24 heavy (non-hydrogen) atoms. The van der Waals surface area contributed by atoms with Crippen LogP contribution in [-0.2, 0) is 4.79 Å². The van der Waals surface area contributed by atoms with Crippen LogP contribution in [0.4, 0.5) is 11.4 Å². The van der Waals surface area contributed by atoms with Gasteiger partial charge in [-0.05, 0) is 12.8 Å². The van der Waals surface area contributed by atoms with E-state index in [2.05, 4.69) is 5.32 Å². The van der Waals surface area contributed by atoms with Crippen molar-refractivity contribution in [3.8, 4) is 11.5 Å². The highest BCUT2D eigenvalue weighted by molar-refractivity contribution is 5.95. The number of nitrogens with zero attached hydrogens (tertiary/aromatic N) is 2. The lowest BCUT2D eigenvalue weighted by Crippen LogP contribution is -2.43. The van der Waals surface area contributed by atoms with Crippen molar-refractivity contribution in [3.05, 3.63) is 22.2 Å². The number of halogens is 1. The first kappa shape index (κ1) is 18.2. The molecule has 3 N–H and O–H groups in total. The summed E-state index contributed by atoms with van der Waals surface area (Å²) in [4.78, 5) is 24.7. The van der Waals surface area contributed by atoms with Crippen molar-refractivity contribution in [1.82, 2.24) is 4.90 Å². The highest BCUT2D eigenvalue weighted by Gasteiger charge is 2.25. The van der Waals surface area contributed by atoms with Gasteiger partial charge in [-0.25, -0.2) is 0 Å². The zero-order valence-corrected chi connectivity index (χ0v) is 13.7. The normalized spacial score (nSPS) is 17.2. The first-order chi connectivity index (χ1) is 11.0. The van der Waals surface area contributed by atoms with Crippen LogP contribution in [0.1, 0.15) is 12.8 Å². The number of anilines is 1. The molecule has 0 radical (unpaired) electrons. The van der Waals surface area contributed by atoms with E-state index in [1.165, 1.54) is 12.1 Å². The van der Waals surface area contributed by atoms with E-state index in [1.807, 2.05) is 4.90 Å². The minimum Gasteiger partial charge on any atom is -0.454 e. The van der Waals surface area contributed by atoms with Gasteiger partial charge >= 0.3 is 0 Å². The minimum atomic E-state index is -0.558. The summed E-state index contributed by atoms with van der Waals surface area (Å²) in [6.07, 6.45) is 1.69. The third-order valence-corrected chi connectivity index (χ3v) is 3.96. The zero-order valence-electron chi connectivity index (χ0n) is 12.9. The molecular formula is C14H19ClN4O5. The molecule has 0 spiro atoms. The van der Waals surface area contributed by atoms with E-state index >= 15 is 0 Å². The SMILES string of the molecule is Cl.NC1CCN(CC(=O)Nc2cc3c(cc2[N+](=O)[O-])OCO3)CC1. The maximum Gasteiger partial charge on any atom is 0.296 e. The molecular weight excluding hydrogens is 340 g/mol. The van der Waals surface area contributed by atoms with Gasteiger partial charge < -0.3 is 20.5 Å². The number of hydrogen-bond donors (Lipinski definition) is 2. The summed E-state index contributed by atoms with van der Waals surface area (Å²) in [6, 6.07) is 2.87. The molecule has 0 atom stereocenters. The Kier molecular flexibility index (Phi) is 5.81. The number of hydrogen-bond acceptors (Lipinski definition) is 7. The molecule has 1 aromatic rings. The Bertz CT molecular complexity index is 634. The van der Waals surface area contributed by atoms with E-state index in [-0.39, 0.29) is 49.1 Å². The number of piperidine rings is 1. The molecule has 0 aliphatic carbocycles. The van der Waals surface area contributed by atoms with E-state index in [9.17, 15) is 14.9 Å². The summed E-state index contributed by atoms with van der Waals surface area (Å²) in [5.74, 6) is 0.386. The van der Waals surface area contributed by atoms with Gasteiger partial charge in [0.05, 0.1) is 17.5 Å². The van der Waals surface area contributed by atoms with Crippen molar-refractivity contribution in [3.63, 3.8) is 0 Å². The fourth-order valence-corrected chi connectivity index (χ4v) is 2.69. The molecule has 0 aromatic heterocycles. The topological polar surface area (TPSA) is 120 Å². The third kappa shape index (κ3) is 4.05. The van der Waals surface area contributed by atoms with Gasteiger partial charge in [-0.15, -0.1) is 12.4 Å². The fourth-order valence-electron chi connectivity index (χ4n) is 2.69. The molecule has 1 aromatic carbocycles. The van der Waals surface area contributed by atoms with Gasteiger partial charge in [0.25, 0.3) is 5.69 Å². The molecule has 132 valence electrons. The number of benzene rings is 1. The third-order valence-electron chi connectivity index (χ3n) is 3.96. The van der Waals surface area contributed by atoms with Crippen molar-refractivity contribution < 1.29 is 19.2 Å². The average Bonchev–Trinajstić information content (AvgIpc) is 2.96. The fraction of sp³-hybridized carbons (Fsp3) is 0.500. The van der Waals surface area contributed by atoms with Gasteiger partial charge in [0, 0.05) is 25.2 Å². The van der Waals surface area contributed by atoms with Gasteiger partial charge in [-0.2, -0.15) is 0 Å². The number of nitro benzene ring substituents is 1. The number of fused-ring (bicyclic) bond motifs is 1. The molecule has 2 heterocycles. The summed E-state index contributed by atoms with van der Waals surface area (Å²) in [5.41, 5.74) is 5.72. The van der Waals surface area contributed by atoms with Crippen LogP contribution in [0.15, 0.2) is 12.1 Å². The number of rotatable bonds is 4. The Hall–Kier alpha value is -2.10. The predicted octanol–water partition coefficient (Wildman–Crippen LogP) is 1.11. The Morgan fingerprint density at radius 3 is 2.58 bits per heavy atom. The van der Waals surface area contributed by atoms with Gasteiger partial charge in [-0.1, -0.05) is 0 Å². The second kappa shape index (κ2) is 7.65. The second-order valence-corrected chi connectivity index (χ2v) is 5.64. The van der Waals surface area contributed by atoms with Crippen molar-refractivity contribution >= 4 is 29.7 Å². The summed E-state index contributed by atoms with van der Waals surface area (Å²) in [7, 11) is 0. The first-order valence-electron chi connectivity index (χ1n) is 7.39. The quantitative estimate of drug-likeness (QED) is 0.610. The molecule has 2 aliphatic heterocycles. The molecule has 1 fully saturated rings. The van der Waals surface area contributed by atoms with Crippen LogP contribution in [-0.4, -0.2) is 48.2 Å². The number of likely N-dealkylation sites (tertiary alicyclic amines) is 1. The standard InChI is InChI=1S/C14H18N4O5.ClH/c15-9-1-3-17(4-2-9)7-14(19)16-10-5-12-13(23-8-22-12)6-11(10)18(20)21;/h5-6,9H,1-4,7-8,15H2,(H,16,19);1H. The molecule has 2 aliphatic rings. The molecule has 0 bridgehead atoms. The predicted molar refractivity (Wildman–Crippen MR) is 88.7 cm³/mol. The van der Waals surface area contributed by atoms with Gasteiger partial charge in [0.2, 0.25) is 12.7 Å². The number of nitro groups is 1. The zero-order chi connectivity index (χ0) is 16.4. The number of ether oxygens (including phenoxy) is 2. The molecule has 3 rings (SSSR count). The number of nitrogens with two attached hydrogens (primary N) is 1. The number of nitrogens with one attached hydrogen (secondary N) is 1. The molecule has 0 saturated carbocycles. The van der Waals surface area contributed by atoms with Crippen molar-refractivity contribution in [2.75, 3.05) is 31.7 Å². The summed E-state index contributed by atoms with van der Waals surface area (Å²) >= 11 is 0. The van der Waals surface area contributed by atoms with Crippen molar-refractivity contribution in [2.24, 2.45) is 5.73 Å². The summed E-state index contributed by atoms with van der Waals surface area (Å²) < 4.78 is 10.3. The van der Waals surface area contributed by atoms with E-state index < -0.39 is 4.92 Å². The van der Waals surface area contributed by atoms with Gasteiger partial charge in [0.15, 0.2) is 11.5 Å². The average molecular weight is 359 g/mol. The highest BCUT2D eigenvalue weighted by atomic mass is 35.5. The summed E-state index contributed by atoms with van der Waals surface area (Å²) in [5, 5.41) is 13.8. The number of carbonyl (C=O) groups excluding carboxylic acids is 1. The highest BCUT2D eigenvalue weighted by Crippen LogP contribution is 2.40. The Balaban J connectivity index is 0.00000208. The first-order valence-corrected chi connectivity index (χ1v) is 7.39. The van der Waals surface area contributed by atoms with Crippen molar-refractivity contribution in [2.45, 2.75) is 18.9 Å². The Morgan fingerprint density at radius 1 is 1.33 bits per heavy atom. The lowest BCUT2D eigenvalue weighted by Gasteiger charge is -2.29. The van der Waals surface area contributed by atoms with Gasteiger partial charge in [-0.3, -0.25) is 19.8 Å². The Morgan fingerprint density at radius 2 is 1.96 bits per heavy atom. The maximum absolute atomic E-state index is 12.2. The maximum atomic E-state index is 12.2. The van der Waals surface area contributed by atoms with E-state index in [0.717, 1.165) is 25.9 Å². The molecule has 10 heteroatoms. The minimum absolute atomic E-state index is 0. The van der Waals surface area contributed by atoms with Gasteiger partial charge in [0.1, 0.15) is 5.69 Å². The number of carbonyl (C=O) groups is 1. The van der Waals surface area contributed by atoms with Crippen LogP contribution in [0.2, 0.25) is 0 Å². The lowest BCUT2D eigenvalue weighted by molar-refractivity contribution is -0.384. The largest absolute Gasteiger partial charge is 0.454 e. The number of amides is 1. The van der Waals surface area contributed by atoms with E-state index in [1.54, 1.807) is 0 Å². The van der Waals surface area contributed by atoms with E-state index in [4.69, 9.17) is 15.2 Å². The smallest absolute Gasteiger partial charge is 0.296 e. The van der Waals surface area contributed by atoms with Crippen LogP contribution in [0.3, 0.4) is 0 Å². The van der Waals surface area contributed by atoms with Crippen LogP contribution in [0, 0.1) is 10.1 Å². The van der Waals surface area contributed by atoms with Crippen LogP contribution in [0.25, 0.3) is 0 Å². The molecule has 1 saturated heterocycles. The van der Waals surface area contributed by atoms with Crippen LogP contribution < -0.4 is 20.5 Å². The molecule has 0 unspecified atom stereocenters.